The van der Waals surface area contributed by atoms with E-state index in [1.807, 2.05) is 0 Å². The molecule has 0 heterocycles. The molecule has 12 heavy (non-hydrogen) atoms. The molecule has 0 saturated carbocycles. The van der Waals surface area contributed by atoms with Crippen molar-refractivity contribution in [2.24, 2.45) is 0 Å². The van der Waals surface area contributed by atoms with Crippen molar-refractivity contribution in [3.63, 3.8) is 0 Å². The molecule has 0 aromatic heterocycles. The van der Waals surface area contributed by atoms with Crippen LogP contribution in [0.25, 0.3) is 0 Å². The average molecular weight is 250 g/mol. The van der Waals surface area contributed by atoms with Gasteiger partial charge in [-0.25, -0.2) is 4.39 Å². The van der Waals surface area contributed by atoms with Crippen LogP contribution < -0.4 is 0 Å². The fourth-order valence-electron chi connectivity index (χ4n) is 0.872. The van der Waals surface area contributed by atoms with Crippen molar-refractivity contribution in [3.05, 3.63) is 45.7 Å². The fourth-order valence-corrected chi connectivity index (χ4v) is 1.33. The first-order chi connectivity index (χ1) is 5.59. The molecule has 0 unspecified atom stereocenters. The van der Waals surface area contributed by atoms with Crippen molar-refractivity contribution in [2.75, 3.05) is 0 Å². The van der Waals surface area contributed by atoms with Gasteiger partial charge in [-0.2, -0.15) is 0 Å². The highest BCUT2D eigenvalue weighted by molar-refractivity contribution is 9.11. The Morgan fingerprint density at radius 1 is 1.58 bits per heavy atom. The van der Waals surface area contributed by atoms with E-state index in [0.717, 1.165) is 4.48 Å². The molecule has 0 aliphatic rings. The minimum Gasteiger partial charge on any atom is -0.207 e. The smallest absolute Gasteiger partial charge is 0.128 e. The molecule has 64 valence electrons. The zero-order valence-electron chi connectivity index (χ0n) is 6.28. The first-order valence-electron chi connectivity index (χ1n) is 3.37. The summed E-state index contributed by atoms with van der Waals surface area (Å²) in [6.45, 7) is 3.63. The van der Waals surface area contributed by atoms with Gasteiger partial charge in [0.05, 0.1) is 0 Å². The quantitative estimate of drug-likeness (QED) is 0.745. The second-order valence-electron chi connectivity index (χ2n) is 2.43. The number of allylic oxidation sites excluding steroid dienone is 1. The Labute approximate surface area is 84.2 Å². The number of benzene rings is 1. The van der Waals surface area contributed by atoms with Gasteiger partial charge in [0, 0.05) is 11.4 Å². The summed E-state index contributed by atoms with van der Waals surface area (Å²) >= 11 is 8.75. The summed E-state index contributed by atoms with van der Waals surface area (Å²) in [6, 6.07) is 4.62. The van der Waals surface area contributed by atoms with Crippen molar-refractivity contribution < 1.29 is 4.39 Å². The van der Waals surface area contributed by atoms with E-state index < -0.39 is 0 Å². The van der Waals surface area contributed by atoms with Crippen molar-refractivity contribution in [3.8, 4) is 0 Å². The molecule has 0 nitrogen and oxygen atoms in total. The molecule has 1 aromatic carbocycles. The topological polar surface area (TPSA) is 0 Å². The molecule has 0 aliphatic carbocycles. The highest BCUT2D eigenvalue weighted by Gasteiger charge is 2.02. The number of hydrogen-bond acceptors (Lipinski definition) is 0. The first-order valence-corrected chi connectivity index (χ1v) is 4.54. The molecule has 0 N–H and O–H groups in total. The van der Waals surface area contributed by atoms with E-state index in [-0.39, 0.29) is 5.82 Å². The van der Waals surface area contributed by atoms with E-state index in [2.05, 4.69) is 22.5 Å². The summed E-state index contributed by atoms with van der Waals surface area (Å²) in [5.74, 6) is -0.289. The van der Waals surface area contributed by atoms with Crippen molar-refractivity contribution in [2.45, 2.75) is 6.42 Å². The molecule has 1 rings (SSSR count). The molecular weight excluding hydrogens is 242 g/mol. The molecule has 0 atom stereocenters. The van der Waals surface area contributed by atoms with Crippen LogP contribution in [-0.2, 0) is 6.42 Å². The Balaban J connectivity index is 2.93. The standard InChI is InChI=1S/C9H7BrClF/c1-6(10)4-7-2-3-8(11)5-9(7)12/h2-3,5H,1,4H2. The summed E-state index contributed by atoms with van der Waals surface area (Å²) in [4.78, 5) is 0. The predicted molar refractivity (Wildman–Crippen MR) is 53.2 cm³/mol. The van der Waals surface area contributed by atoms with Gasteiger partial charge in [-0.3, -0.25) is 0 Å². The lowest BCUT2D eigenvalue weighted by atomic mass is 10.1. The van der Waals surface area contributed by atoms with E-state index >= 15 is 0 Å². The second kappa shape index (κ2) is 4.06. The van der Waals surface area contributed by atoms with Crippen molar-refractivity contribution >= 4 is 27.5 Å². The summed E-state index contributed by atoms with van der Waals surface area (Å²) in [7, 11) is 0. The van der Waals surface area contributed by atoms with Gasteiger partial charge in [0.15, 0.2) is 0 Å². The van der Waals surface area contributed by atoms with E-state index in [9.17, 15) is 4.39 Å². The number of rotatable bonds is 2. The molecule has 0 radical (unpaired) electrons. The van der Waals surface area contributed by atoms with Crippen LogP contribution in [0.4, 0.5) is 4.39 Å². The largest absolute Gasteiger partial charge is 0.207 e. The first kappa shape index (κ1) is 9.75. The van der Waals surface area contributed by atoms with Crippen LogP contribution in [0, 0.1) is 5.82 Å². The Morgan fingerprint density at radius 3 is 2.75 bits per heavy atom. The average Bonchev–Trinajstić information content (AvgIpc) is 1.94. The summed E-state index contributed by atoms with van der Waals surface area (Å²) in [6.07, 6.45) is 0.489. The molecular formula is C9H7BrClF. The van der Waals surface area contributed by atoms with Crippen molar-refractivity contribution in [1.82, 2.24) is 0 Å². The molecule has 1 aromatic rings. The van der Waals surface area contributed by atoms with Crippen LogP contribution in [0.2, 0.25) is 5.02 Å². The summed E-state index contributed by atoms with van der Waals surface area (Å²) in [5.41, 5.74) is 0.598. The molecule has 0 bridgehead atoms. The maximum Gasteiger partial charge on any atom is 0.128 e. The zero-order valence-corrected chi connectivity index (χ0v) is 8.62. The van der Waals surface area contributed by atoms with Crippen LogP contribution in [0.3, 0.4) is 0 Å². The molecule has 0 amide bonds. The van der Waals surface area contributed by atoms with Gasteiger partial charge in [-0.15, -0.1) is 0 Å². The Hall–Kier alpha value is -0.340. The Bertz CT molecular complexity index is 309. The predicted octanol–water partition coefficient (Wildman–Crippen LogP) is 3.93. The van der Waals surface area contributed by atoms with E-state index in [1.165, 1.54) is 6.07 Å². The summed E-state index contributed by atoms with van der Waals surface area (Å²) in [5, 5.41) is 0.413. The number of hydrogen-bond donors (Lipinski definition) is 0. The van der Waals surface area contributed by atoms with Gasteiger partial charge in [0.25, 0.3) is 0 Å². The molecule has 0 saturated heterocycles. The van der Waals surface area contributed by atoms with Gasteiger partial charge in [0.1, 0.15) is 5.82 Å². The van der Waals surface area contributed by atoms with Crippen LogP contribution >= 0.6 is 27.5 Å². The third kappa shape index (κ3) is 2.61. The SMILES string of the molecule is C=C(Br)Cc1ccc(Cl)cc1F. The third-order valence-corrected chi connectivity index (χ3v) is 1.91. The maximum atomic E-state index is 13.1. The fraction of sp³-hybridized carbons (Fsp3) is 0.111. The Morgan fingerprint density at radius 2 is 2.25 bits per heavy atom. The number of halogens is 3. The van der Waals surface area contributed by atoms with Gasteiger partial charge in [-0.1, -0.05) is 40.2 Å². The van der Waals surface area contributed by atoms with Gasteiger partial charge in [-0.05, 0) is 22.2 Å². The van der Waals surface area contributed by atoms with Crippen LogP contribution in [-0.4, -0.2) is 0 Å². The van der Waals surface area contributed by atoms with Gasteiger partial charge < -0.3 is 0 Å². The highest BCUT2D eigenvalue weighted by Crippen LogP contribution is 2.18. The third-order valence-electron chi connectivity index (χ3n) is 1.40. The van der Waals surface area contributed by atoms with Crippen LogP contribution in [0.15, 0.2) is 29.3 Å². The lowest BCUT2D eigenvalue weighted by Gasteiger charge is -2.01. The molecule has 3 heteroatoms. The lowest BCUT2D eigenvalue weighted by Crippen LogP contribution is -1.89. The molecule has 0 spiro atoms. The van der Waals surface area contributed by atoms with Gasteiger partial charge in [0.2, 0.25) is 0 Å². The lowest BCUT2D eigenvalue weighted by molar-refractivity contribution is 0.614. The van der Waals surface area contributed by atoms with Crippen molar-refractivity contribution in [1.29, 1.82) is 0 Å². The van der Waals surface area contributed by atoms with Crippen LogP contribution in [0.1, 0.15) is 5.56 Å². The maximum absolute atomic E-state index is 13.1. The normalized spacial score (nSPS) is 9.92. The van der Waals surface area contributed by atoms with Crippen LogP contribution in [0.5, 0.6) is 0 Å². The molecule has 0 fully saturated rings. The second-order valence-corrected chi connectivity index (χ2v) is 3.99. The minimum atomic E-state index is -0.289. The Kier molecular flexibility index (Phi) is 3.29. The van der Waals surface area contributed by atoms with E-state index in [4.69, 9.17) is 11.6 Å². The zero-order chi connectivity index (χ0) is 9.14. The minimum absolute atomic E-state index is 0.289. The summed E-state index contributed by atoms with van der Waals surface area (Å²) < 4.78 is 13.8. The molecule has 0 aliphatic heterocycles. The monoisotopic (exact) mass is 248 g/mol. The highest BCUT2D eigenvalue weighted by atomic mass is 79.9. The van der Waals surface area contributed by atoms with E-state index in [0.29, 0.717) is 17.0 Å². The van der Waals surface area contributed by atoms with E-state index in [1.54, 1.807) is 12.1 Å². The van der Waals surface area contributed by atoms with Gasteiger partial charge >= 0.3 is 0 Å².